The number of aromatic nitrogens is 2. The van der Waals surface area contributed by atoms with E-state index in [9.17, 15) is 0 Å². The standard InChI is InChI=1S/C56H41BN2O6/c1-2-12-48-42(9-1)45-34-39(37-19-24-41(25-20-37)61-30-8-32-65-53-16-6-28-63-53)35-47-56(45)58(48)50-13-4-14-51-54(50)57(47)46-11-3-10-43-44-33-38(21-26-49(44)59(51)55(43)46)36-17-22-40(23-18-36)60-29-7-31-64-52-15-5-27-62-52/h1-6,9-28,33-35H,7-8,29-32H2. The van der Waals surface area contributed by atoms with Crippen LogP contribution in [0.5, 0.6) is 23.4 Å². The van der Waals surface area contributed by atoms with Gasteiger partial charge >= 0.3 is 0 Å². The minimum absolute atomic E-state index is 0.0377. The number of hydrogen-bond acceptors (Lipinski definition) is 6. The first kappa shape index (κ1) is 37.5. The fraction of sp³-hybridized carbons (Fsp3) is 0.107. The van der Waals surface area contributed by atoms with Crippen molar-refractivity contribution < 1.29 is 27.8 Å². The van der Waals surface area contributed by atoms with Crippen molar-refractivity contribution in [3.8, 4) is 57.0 Å². The van der Waals surface area contributed by atoms with E-state index in [1.165, 1.54) is 82.5 Å². The Kier molecular flexibility index (Phi) is 8.86. The van der Waals surface area contributed by atoms with Crippen LogP contribution >= 0.6 is 0 Å². The average molecular weight is 849 g/mol. The summed E-state index contributed by atoms with van der Waals surface area (Å²) in [7, 11) is 0. The highest BCUT2D eigenvalue weighted by Gasteiger charge is 2.40. The third-order valence-corrected chi connectivity index (χ3v) is 13.0. The summed E-state index contributed by atoms with van der Waals surface area (Å²) in [6.45, 7) is 2.21. The van der Waals surface area contributed by atoms with Gasteiger partial charge in [0.1, 0.15) is 11.5 Å². The molecule has 13 rings (SSSR count). The van der Waals surface area contributed by atoms with E-state index in [-0.39, 0.29) is 6.71 Å². The van der Waals surface area contributed by atoms with Gasteiger partial charge in [-0.05, 0) is 111 Å². The lowest BCUT2D eigenvalue weighted by Gasteiger charge is -2.33. The molecular weight excluding hydrogens is 807 g/mol. The monoisotopic (exact) mass is 848 g/mol. The maximum Gasteiger partial charge on any atom is 0.284 e. The summed E-state index contributed by atoms with van der Waals surface area (Å²) in [5, 5.41) is 5.02. The minimum atomic E-state index is 0.0377. The molecule has 0 saturated heterocycles. The van der Waals surface area contributed by atoms with E-state index in [1.54, 1.807) is 12.5 Å². The van der Waals surface area contributed by atoms with Gasteiger partial charge in [0.2, 0.25) is 0 Å². The van der Waals surface area contributed by atoms with Crippen molar-refractivity contribution in [3.05, 3.63) is 176 Å². The maximum absolute atomic E-state index is 6.13. The van der Waals surface area contributed by atoms with Gasteiger partial charge in [0.05, 0.1) is 50.0 Å². The van der Waals surface area contributed by atoms with Crippen LogP contribution in [0.15, 0.2) is 185 Å². The van der Waals surface area contributed by atoms with Crippen molar-refractivity contribution in [1.29, 1.82) is 0 Å². The van der Waals surface area contributed by atoms with Gasteiger partial charge in [-0.2, -0.15) is 0 Å². The van der Waals surface area contributed by atoms with Crippen molar-refractivity contribution >= 4 is 66.7 Å². The molecule has 0 N–H and O–H groups in total. The maximum atomic E-state index is 6.13. The molecule has 65 heavy (non-hydrogen) atoms. The molecule has 0 atom stereocenters. The second-order valence-corrected chi connectivity index (χ2v) is 16.8. The number of ether oxygens (including phenoxy) is 4. The molecule has 4 aromatic heterocycles. The van der Waals surface area contributed by atoms with Crippen molar-refractivity contribution in [1.82, 2.24) is 9.13 Å². The fourth-order valence-corrected chi connectivity index (χ4v) is 10.3. The fourth-order valence-electron chi connectivity index (χ4n) is 10.3. The van der Waals surface area contributed by atoms with Gasteiger partial charge in [-0.3, -0.25) is 0 Å². The molecule has 8 nitrogen and oxygen atoms in total. The Balaban J connectivity index is 0.861. The molecule has 0 fully saturated rings. The summed E-state index contributed by atoms with van der Waals surface area (Å²) >= 11 is 0. The third kappa shape index (κ3) is 6.21. The molecule has 0 unspecified atom stereocenters. The minimum Gasteiger partial charge on any atom is -0.493 e. The predicted octanol–water partition coefficient (Wildman–Crippen LogP) is 11.2. The Morgan fingerprint density at radius 1 is 0.400 bits per heavy atom. The number of nitrogens with zero attached hydrogens (tertiary/aromatic N) is 2. The number of furan rings is 2. The quantitative estimate of drug-likeness (QED) is 0.0802. The molecule has 314 valence electrons. The van der Waals surface area contributed by atoms with E-state index in [4.69, 9.17) is 27.8 Å². The summed E-state index contributed by atoms with van der Waals surface area (Å²) in [5.41, 5.74) is 16.1. The van der Waals surface area contributed by atoms with E-state index in [2.05, 4.69) is 149 Å². The van der Waals surface area contributed by atoms with E-state index in [1.807, 2.05) is 24.3 Å². The molecule has 2 aliphatic rings. The van der Waals surface area contributed by atoms with Crippen LogP contribution in [0.3, 0.4) is 0 Å². The predicted molar refractivity (Wildman–Crippen MR) is 259 cm³/mol. The molecule has 0 radical (unpaired) electrons. The zero-order valence-corrected chi connectivity index (χ0v) is 35.4. The van der Waals surface area contributed by atoms with Crippen LogP contribution in [-0.4, -0.2) is 42.3 Å². The van der Waals surface area contributed by atoms with Crippen LogP contribution in [0, 0.1) is 0 Å². The van der Waals surface area contributed by atoms with Gasteiger partial charge in [-0.1, -0.05) is 78.9 Å². The normalized spacial score (nSPS) is 12.3. The van der Waals surface area contributed by atoms with E-state index in [0.717, 1.165) is 35.5 Å². The Bertz CT molecular complexity index is 3550. The second-order valence-electron chi connectivity index (χ2n) is 16.8. The number of rotatable bonds is 14. The topological polar surface area (TPSA) is 73.1 Å². The second kappa shape index (κ2) is 15.3. The highest BCUT2D eigenvalue weighted by molar-refractivity contribution is 7.00. The molecule has 0 aliphatic carbocycles. The van der Waals surface area contributed by atoms with E-state index >= 15 is 0 Å². The van der Waals surface area contributed by atoms with Crippen LogP contribution < -0.4 is 35.3 Å². The lowest BCUT2D eigenvalue weighted by atomic mass is 9.34. The number of fused-ring (bicyclic) bond motifs is 10. The number of para-hydroxylation sites is 2. The average Bonchev–Trinajstić information content (AvgIpc) is 4.19. The molecule has 0 saturated carbocycles. The van der Waals surface area contributed by atoms with E-state index < -0.39 is 0 Å². The lowest BCUT2D eigenvalue weighted by molar-refractivity contribution is 0.210. The van der Waals surface area contributed by atoms with Crippen LogP contribution in [-0.2, 0) is 0 Å². The molecule has 0 spiro atoms. The summed E-state index contributed by atoms with van der Waals surface area (Å²) in [6, 6.07) is 58.6. The Morgan fingerprint density at radius 3 is 1.62 bits per heavy atom. The molecule has 2 aliphatic heterocycles. The highest BCUT2D eigenvalue weighted by atomic mass is 16.6. The van der Waals surface area contributed by atoms with Crippen LogP contribution in [0.25, 0.3) is 77.2 Å². The summed E-state index contributed by atoms with van der Waals surface area (Å²) in [5.74, 6) is 2.73. The van der Waals surface area contributed by atoms with Crippen LogP contribution in [0.2, 0.25) is 0 Å². The molecule has 6 heterocycles. The van der Waals surface area contributed by atoms with Crippen LogP contribution in [0.4, 0.5) is 0 Å². The van der Waals surface area contributed by atoms with Gasteiger partial charge in [0.25, 0.3) is 18.6 Å². The molecule has 9 heteroatoms. The van der Waals surface area contributed by atoms with Crippen LogP contribution in [0.1, 0.15) is 12.8 Å². The van der Waals surface area contributed by atoms with Crippen molar-refractivity contribution in [2.24, 2.45) is 0 Å². The number of hydrogen-bond donors (Lipinski definition) is 0. The molecule has 0 amide bonds. The van der Waals surface area contributed by atoms with Gasteiger partial charge in [-0.15, -0.1) is 0 Å². The highest BCUT2D eigenvalue weighted by Crippen LogP contribution is 2.41. The smallest absolute Gasteiger partial charge is 0.284 e. The largest absolute Gasteiger partial charge is 0.493 e. The zero-order chi connectivity index (χ0) is 42.8. The molecular formula is C56H41BN2O6. The van der Waals surface area contributed by atoms with Crippen molar-refractivity contribution in [2.45, 2.75) is 12.8 Å². The SMILES string of the molecule is c1coc(OCCCOc2ccc(-c3ccc4c(c3)c3cccc5c3n4-c3cccc4c3B5c3cc(-c5ccc(OCCCOc6ccco6)cc5)cc5c6ccccc6n-4c35)cc2)c1. The Morgan fingerprint density at radius 2 is 0.954 bits per heavy atom. The van der Waals surface area contributed by atoms with Gasteiger partial charge in [0.15, 0.2) is 0 Å². The van der Waals surface area contributed by atoms with Crippen molar-refractivity contribution in [2.75, 3.05) is 26.4 Å². The Hall–Kier alpha value is -8.04. The summed E-state index contributed by atoms with van der Waals surface area (Å²) in [4.78, 5) is 0. The first-order chi connectivity index (χ1) is 32.2. The van der Waals surface area contributed by atoms with Gasteiger partial charge in [0, 0.05) is 68.9 Å². The molecule has 11 aromatic rings. The first-order valence-corrected chi connectivity index (χ1v) is 22.3. The van der Waals surface area contributed by atoms with E-state index in [0.29, 0.717) is 38.3 Å². The summed E-state index contributed by atoms with van der Waals surface area (Å²) in [6.07, 6.45) is 4.73. The first-order valence-electron chi connectivity index (χ1n) is 22.3. The summed E-state index contributed by atoms with van der Waals surface area (Å²) < 4.78 is 39.0. The third-order valence-electron chi connectivity index (χ3n) is 13.0. The van der Waals surface area contributed by atoms with Gasteiger partial charge < -0.3 is 36.9 Å². The van der Waals surface area contributed by atoms with Gasteiger partial charge in [-0.25, -0.2) is 0 Å². The molecule has 0 bridgehead atoms. The zero-order valence-electron chi connectivity index (χ0n) is 35.4. The van der Waals surface area contributed by atoms with Crippen molar-refractivity contribution in [3.63, 3.8) is 0 Å². The Labute approximate surface area is 374 Å². The lowest BCUT2D eigenvalue weighted by Crippen LogP contribution is -2.59. The molecule has 7 aromatic carbocycles. The number of benzene rings is 7.